The SMILES string of the molecule is CCCC[Si](CCCC)(CCCC)c1ccc(P(c2ccc([Si](CCCC)(CCCC)CCCC)cc2)N(C2CCCCC2)P(c2ccccc2SC(F)(F)F)c2ccccc2SC(F)(F)F)cc1. The van der Waals surface area contributed by atoms with Gasteiger partial charge in [0.25, 0.3) is 0 Å². The molecule has 0 spiro atoms. The largest absolute Gasteiger partial charge is 0.446 e. The van der Waals surface area contributed by atoms with Gasteiger partial charge in [0.05, 0.1) is 16.1 Å². The molecule has 0 bridgehead atoms. The molecule has 69 heavy (non-hydrogen) atoms. The molecule has 4 aromatic rings. The molecular formula is C56H81F6NP2S2Si2. The van der Waals surface area contributed by atoms with Crippen molar-refractivity contribution in [2.75, 3.05) is 0 Å². The molecule has 5 rings (SSSR count). The molecule has 13 heteroatoms. The maximum Gasteiger partial charge on any atom is 0.446 e. The topological polar surface area (TPSA) is 3.24 Å². The summed E-state index contributed by atoms with van der Waals surface area (Å²) < 4.78 is 90.6. The van der Waals surface area contributed by atoms with Crippen molar-refractivity contribution in [2.45, 2.75) is 214 Å². The van der Waals surface area contributed by atoms with Crippen LogP contribution in [0.3, 0.4) is 0 Å². The maximum absolute atomic E-state index is 14.7. The second-order valence-electron chi connectivity index (χ2n) is 19.5. The second-order valence-corrected chi connectivity index (χ2v) is 35.5. The molecule has 0 radical (unpaired) electrons. The summed E-state index contributed by atoms with van der Waals surface area (Å²) in [5.74, 6) is 0. The van der Waals surface area contributed by atoms with E-state index in [-0.39, 0.29) is 39.4 Å². The Hall–Kier alpha value is -1.59. The molecule has 0 heterocycles. The van der Waals surface area contributed by atoms with Crippen molar-refractivity contribution in [3.05, 3.63) is 97.1 Å². The first-order valence-electron chi connectivity index (χ1n) is 26.5. The molecule has 1 fully saturated rings. The van der Waals surface area contributed by atoms with Crippen LogP contribution in [-0.4, -0.2) is 37.6 Å². The Labute approximate surface area is 426 Å². The summed E-state index contributed by atoms with van der Waals surface area (Å²) in [6.45, 7) is 13.7. The summed E-state index contributed by atoms with van der Waals surface area (Å²) in [4.78, 5) is 0.114. The maximum atomic E-state index is 14.7. The number of thioether (sulfide) groups is 2. The summed E-state index contributed by atoms with van der Waals surface area (Å²) in [5.41, 5.74) is -9.17. The van der Waals surface area contributed by atoms with Gasteiger partial charge in [-0.3, -0.25) is 0 Å². The van der Waals surface area contributed by atoms with Crippen LogP contribution in [0.1, 0.15) is 151 Å². The van der Waals surface area contributed by atoms with Crippen LogP contribution in [0, 0.1) is 0 Å². The molecule has 1 saturated carbocycles. The molecule has 382 valence electrons. The first-order chi connectivity index (χ1) is 33.2. The normalized spacial score (nSPS) is 14.4. The number of nitrogens with zero attached hydrogens (tertiary/aromatic N) is 1. The monoisotopic (exact) mass is 1060 g/mol. The van der Waals surface area contributed by atoms with Crippen molar-refractivity contribution in [2.24, 2.45) is 0 Å². The Bertz CT molecular complexity index is 1900. The van der Waals surface area contributed by atoms with Gasteiger partial charge in [-0.15, -0.1) is 0 Å². The lowest BCUT2D eigenvalue weighted by Gasteiger charge is -2.46. The van der Waals surface area contributed by atoms with E-state index in [1.54, 1.807) is 36.4 Å². The van der Waals surface area contributed by atoms with E-state index in [0.29, 0.717) is 10.6 Å². The molecule has 4 aromatic carbocycles. The fourth-order valence-corrected chi connectivity index (χ4v) is 30.2. The van der Waals surface area contributed by atoms with Crippen molar-refractivity contribution >= 4 is 87.4 Å². The van der Waals surface area contributed by atoms with Crippen molar-refractivity contribution in [3.8, 4) is 0 Å². The first kappa shape index (κ1) is 58.3. The molecule has 0 saturated heterocycles. The molecule has 0 N–H and O–H groups in total. The fraction of sp³-hybridized carbons (Fsp3) is 0.571. The van der Waals surface area contributed by atoms with Crippen LogP contribution in [-0.2, 0) is 0 Å². The van der Waals surface area contributed by atoms with Gasteiger partial charge in [0.2, 0.25) is 0 Å². The average Bonchev–Trinajstić information content (AvgIpc) is 3.34. The highest BCUT2D eigenvalue weighted by Gasteiger charge is 2.43. The summed E-state index contributed by atoms with van der Waals surface area (Å²) >= 11 is -0.277. The average molecular weight is 1060 g/mol. The van der Waals surface area contributed by atoms with Gasteiger partial charge in [-0.25, -0.2) is 4.44 Å². The number of benzene rings is 4. The molecule has 1 aliphatic carbocycles. The van der Waals surface area contributed by atoms with E-state index in [9.17, 15) is 26.3 Å². The van der Waals surface area contributed by atoms with Crippen LogP contribution in [0.5, 0.6) is 0 Å². The van der Waals surface area contributed by atoms with E-state index < -0.39 is 43.3 Å². The number of hydrogen-bond acceptors (Lipinski definition) is 3. The zero-order chi connectivity index (χ0) is 49.9. The number of hydrogen-bond donors (Lipinski definition) is 0. The highest BCUT2D eigenvalue weighted by Crippen LogP contribution is 2.60. The van der Waals surface area contributed by atoms with Gasteiger partial charge >= 0.3 is 11.0 Å². The number of halogens is 6. The van der Waals surface area contributed by atoms with Crippen LogP contribution < -0.4 is 31.6 Å². The van der Waals surface area contributed by atoms with E-state index in [2.05, 4.69) is 94.5 Å². The Morgan fingerprint density at radius 3 is 1.07 bits per heavy atom. The van der Waals surface area contributed by atoms with Gasteiger partial charge in [-0.05, 0) is 59.1 Å². The third-order valence-electron chi connectivity index (χ3n) is 14.5. The standard InChI is InChI=1S/C56H81F6NP2S2Si2/c1-7-13-40-68(41-14-8-2,42-15-9-3)49-36-32-47(33-37-49)64(48-34-38-50(39-35-48)69(43-16-10-4,44-17-11-5)45-18-12-6)63(46-26-20-19-21-27-46)65(51-28-22-24-30-53(51)66-55(57,58)59)52-29-23-25-31-54(52)67-56(60,61)62/h22-25,28-39,46H,7-21,26-27,40-45H2,1-6H3. The second kappa shape index (κ2) is 28.8. The summed E-state index contributed by atoms with van der Waals surface area (Å²) in [7, 11) is -7.20. The van der Waals surface area contributed by atoms with E-state index in [1.165, 1.54) is 97.3 Å². The van der Waals surface area contributed by atoms with Gasteiger partial charge in [0, 0.05) is 42.6 Å². The Kier molecular flexibility index (Phi) is 24.3. The van der Waals surface area contributed by atoms with Crippen LogP contribution >= 0.6 is 39.7 Å². The van der Waals surface area contributed by atoms with Crippen LogP contribution in [0.25, 0.3) is 0 Å². The molecular weight excluding hydrogens is 983 g/mol. The van der Waals surface area contributed by atoms with Crippen LogP contribution in [0.2, 0.25) is 36.3 Å². The third kappa shape index (κ3) is 16.7. The fourth-order valence-electron chi connectivity index (χ4n) is 10.8. The summed E-state index contributed by atoms with van der Waals surface area (Å²) in [6.07, 6.45) is 18.9. The molecule has 0 aliphatic heterocycles. The lowest BCUT2D eigenvalue weighted by molar-refractivity contribution is -0.0336. The quantitative estimate of drug-likeness (QED) is 0.0231. The van der Waals surface area contributed by atoms with Crippen molar-refractivity contribution in [1.82, 2.24) is 4.44 Å². The first-order valence-corrected chi connectivity index (χ1v) is 35.9. The van der Waals surface area contributed by atoms with E-state index >= 15 is 0 Å². The molecule has 1 nitrogen and oxygen atoms in total. The van der Waals surface area contributed by atoms with Crippen molar-refractivity contribution in [3.63, 3.8) is 0 Å². The minimum Gasteiger partial charge on any atom is -0.242 e. The van der Waals surface area contributed by atoms with Crippen molar-refractivity contribution < 1.29 is 26.3 Å². The summed E-state index contributed by atoms with van der Waals surface area (Å²) in [5, 5.41) is 6.17. The molecule has 0 unspecified atom stereocenters. The molecule has 0 amide bonds. The zero-order valence-corrected chi connectivity index (χ0v) is 47.9. The van der Waals surface area contributed by atoms with Gasteiger partial charge < -0.3 is 0 Å². The smallest absolute Gasteiger partial charge is 0.242 e. The molecule has 0 aromatic heterocycles. The number of alkyl halides is 6. The Morgan fingerprint density at radius 1 is 0.449 bits per heavy atom. The molecule has 1 aliphatic rings. The van der Waals surface area contributed by atoms with Gasteiger partial charge in [-0.2, -0.15) is 26.3 Å². The lowest BCUT2D eigenvalue weighted by atomic mass is 9.96. The van der Waals surface area contributed by atoms with E-state index in [4.69, 9.17) is 0 Å². The summed E-state index contributed by atoms with van der Waals surface area (Å²) in [6, 6.07) is 40.0. The van der Waals surface area contributed by atoms with Crippen LogP contribution in [0.4, 0.5) is 26.3 Å². The Morgan fingerprint density at radius 2 is 0.768 bits per heavy atom. The Balaban J connectivity index is 1.87. The molecule has 0 atom stereocenters. The van der Waals surface area contributed by atoms with E-state index in [0.717, 1.165) is 81.2 Å². The van der Waals surface area contributed by atoms with Gasteiger partial charge in [-0.1, -0.05) is 269 Å². The minimum atomic E-state index is -4.59. The van der Waals surface area contributed by atoms with Gasteiger partial charge in [0.15, 0.2) is 0 Å². The van der Waals surface area contributed by atoms with Gasteiger partial charge in [0.1, 0.15) is 0 Å². The van der Waals surface area contributed by atoms with Crippen LogP contribution in [0.15, 0.2) is 107 Å². The highest BCUT2D eigenvalue weighted by molar-refractivity contribution is 8.01. The number of unbranched alkanes of at least 4 members (excludes halogenated alkanes) is 6. The lowest BCUT2D eigenvalue weighted by Crippen LogP contribution is -2.48. The zero-order valence-electron chi connectivity index (χ0n) is 42.5. The van der Waals surface area contributed by atoms with Crippen molar-refractivity contribution in [1.29, 1.82) is 0 Å². The minimum absolute atomic E-state index is 0.0533. The van der Waals surface area contributed by atoms with E-state index in [1.807, 2.05) is 0 Å². The number of rotatable bonds is 29. The third-order valence-corrected chi connectivity index (χ3v) is 33.2. The highest BCUT2D eigenvalue weighted by atomic mass is 32.2. The predicted molar refractivity (Wildman–Crippen MR) is 300 cm³/mol. The predicted octanol–water partition coefficient (Wildman–Crippen LogP) is 18.1.